The Bertz CT molecular complexity index is 607. The van der Waals surface area contributed by atoms with E-state index in [0.29, 0.717) is 12.0 Å². The van der Waals surface area contributed by atoms with Crippen molar-refractivity contribution in [3.05, 3.63) is 34.9 Å². The van der Waals surface area contributed by atoms with E-state index in [9.17, 15) is 9.59 Å². The van der Waals surface area contributed by atoms with Gasteiger partial charge in [-0.3, -0.25) is 4.90 Å². The zero-order chi connectivity index (χ0) is 18.4. The molecule has 0 aliphatic carbocycles. The third-order valence-electron chi connectivity index (χ3n) is 4.45. The molecule has 25 heavy (non-hydrogen) atoms. The van der Waals surface area contributed by atoms with Crippen molar-refractivity contribution in [2.24, 2.45) is 0 Å². The lowest BCUT2D eigenvalue weighted by molar-refractivity contribution is -0.144. The molecule has 1 saturated heterocycles. The Kier molecular flexibility index (Phi) is 6.92. The fourth-order valence-electron chi connectivity index (χ4n) is 3.07. The first-order valence-corrected chi connectivity index (χ1v) is 8.35. The number of carbonyl (C=O) groups is 2. The molecule has 0 bridgehead atoms. The minimum absolute atomic E-state index is 0.0947. The summed E-state index contributed by atoms with van der Waals surface area (Å²) in [6.07, 6.45) is 5.21. The first-order valence-electron chi connectivity index (χ1n) is 8.35. The summed E-state index contributed by atoms with van der Waals surface area (Å²) in [5, 5.41) is 18.1. The third kappa shape index (κ3) is 4.78. The number of aliphatic hydroxyl groups excluding tert-OH is 2. The summed E-state index contributed by atoms with van der Waals surface area (Å²) in [4.78, 5) is 26.0. The molecule has 0 unspecified atom stereocenters. The van der Waals surface area contributed by atoms with Crippen molar-refractivity contribution in [3.63, 3.8) is 0 Å². The summed E-state index contributed by atoms with van der Waals surface area (Å²) < 4.78 is 10.8. The van der Waals surface area contributed by atoms with E-state index < -0.39 is 11.9 Å². The number of esters is 2. The van der Waals surface area contributed by atoms with Crippen LogP contribution in [0.4, 0.5) is 0 Å². The molecule has 0 aromatic rings. The molecule has 0 saturated carbocycles. The van der Waals surface area contributed by atoms with Crippen LogP contribution in [0.5, 0.6) is 0 Å². The Morgan fingerprint density at radius 2 is 2.12 bits per heavy atom. The van der Waals surface area contributed by atoms with Crippen LogP contribution in [0.15, 0.2) is 34.9 Å². The van der Waals surface area contributed by atoms with Crippen molar-refractivity contribution in [1.82, 2.24) is 4.90 Å². The van der Waals surface area contributed by atoms with E-state index in [2.05, 4.69) is 4.90 Å². The predicted molar refractivity (Wildman–Crippen MR) is 90.6 cm³/mol. The molecule has 2 heterocycles. The van der Waals surface area contributed by atoms with Gasteiger partial charge in [0, 0.05) is 19.2 Å². The van der Waals surface area contributed by atoms with Gasteiger partial charge in [-0.2, -0.15) is 0 Å². The topological polar surface area (TPSA) is 96.3 Å². The van der Waals surface area contributed by atoms with E-state index >= 15 is 0 Å². The van der Waals surface area contributed by atoms with E-state index in [1.54, 1.807) is 13.8 Å². The maximum Gasteiger partial charge on any atom is 0.336 e. The summed E-state index contributed by atoms with van der Waals surface area (Å²) in [5.74, 6) is -1.02. The molecule has 2 rings (SSSR count). The van der Waals surface area contributed by atoms with Crippen LogP contribution < -0.4 is 0 Å². The average Bonchev–Trinajstić information content (AvgIpc) is 3.17. The lowest BCUT2D eigenvalue weighted by atomic mass is 10.1. The molecule has 0 aromatic heterocycles. The summed E-state index contributed by atoms with van der Waals surface area (Å²) in [6.45, 7) is 4.41. The number of rotatable bonds is 7. The fraction of sp³-hybridized carbons (Fsp3) is 0.556. The highest BCUT2D eigenvalue weighted by molar-refractivity contribution is 5.88. The van der Waals surface area contributed by atoms with Crippen molar-refractivity contribution in [2.45, 2.75) is 32.4 Å². The van der Waals surface area contributed by atoms with Gasteiger partial charge in [-0.1, -0.05) is 12.2 Å². The number of carbonyl (C=O) groups excluding carboxylic acids is 2. The summed E-state index contributed by atoms with van der Waals surface area (Å²) >= 11 is 0. The normalized spacial score (nSPS) is 24.1. The lowest BCUT2D eigenvalue weighted by Gasteiger charge is -2.23. The van der Waals surface area contributed by atoms with E-state index in [-0.39, 0.29) is 37.5 Å². The molecule has 0 aromatic carbocycles. The monoisotopic (exact) mass is 351 g/mol. The molecule has 0 radical (unpaired) electrons. The summed E-state index contributed by atoms with van der Waals surface area (Å²) in [7, 11) is 0. The largest absolute Gasteiger partial charge is 0.458 e. The van der Waals surface area contributed by atoms with Gasteiger partial charge in [0.05, 0.1) is 24.8 Å². The van der Waals surface area contributed by atoms with Crippen LogP contribution >= 0.6 is 0 Å². The predicted octanol–water partition coefficient (Wildman–Crippen LogP) is 0.333. The zero-order valence-electron chi connectivity index (χ0n) is 14.6. The number of allylic oxidation sites excluding steroid dienone is 1. The van der Waals surface area contributed by atoms with Gasteiger partial charge in [0.25, 0.3) is 0 Å². The standard InChI is InChI=1S/C18H25NO6/c1-3-13(10-21)18(23)24-11-14-4-6-19-7-5-15(17(14)19)25-16(22)8-12(2)9-20/h3-4,8,15,17,20-21H,5-7,9-11H2,1-2H3/b12-8+,13-3+/t15-,17+/m1/s1. The molecule has 138 valence electrons. The van der Waals surface area contributed by atoms with Crippen LogP contribution in [0.3, 0.4) is 0 Å². The van der Waals surface area contributed by atoms with Gasteiger partial charge in [0.2, 0.25) is 0 Å². The SMILES string of the molecule is C/C=C(\CO)C(=O)OCC1=CCN2CC[C@@H](OC(=O)/C=C(\C)CO)[C@H]12. The van der Waals surface area contributed by atoms with Crippen LogP contribution in [-0.2, 0) is 19.1 Å². The Morgan fingerprint density at radius 1 is 1.36 bits per heavy atom. The van der Waals surface area contributed by atoms with E-state index in [0.717, 1.165) is 18.7 Å². The van der Waals surface area contributed by atoms with Gasteiger partial charge in [0.15, 0.2) is 0 Å². The molecular formula is C18H25NO6. The average molecular weight is 351 g/mol. The molecule has 2 aliphatic heterocycles. The Labute approximate surface area is 147 Å². The number of hydrogen-bond acceptors (Lipinski definition) is 7. The Hall–Kier alpha value is -1.96. The van der Waals surface area contributed by atoms with Gasteiger partial charge in [-0.05, 0) is 31.4 Å². The maximum absolute atomic E-state index is 11.9. The van der Waals surface area contributed by atoms with Crippen LogP contribution in [-0.4, -0.2) is 72.1 Å². The van der Waals surface area contributed by atoms with E-state index in [4.69, 9.17) is 19.7 Å². The molecular weight excluding hydrogens is 326 g/mol. The highest BCUT2D eigenvalue weighted by Gasteiger charge is 2.41. The highest BCUT2D eigenvalue weighted by Crippen LogP contribution is 2.31. The number of nitrogens with zero attached hydrogens (tertiary/aromatic N) is 1. The number of aliphatic hydroxyl groups is 2. The molecule has 0 amide bonds. The van der Waals surface area contributed by atoms with Crippen LogP contribution in [0.2, 0.25) is 0 Å². The second-order valence-electron chi connectivity index (χ2n) is 6.18. The Balaban J connectivity index is 1.96. The van der Waals surface area contributed by atoms with Crippen LogP contribution in [0.1, 0.15) is 20.3 Å². The third-order valence-corrected chi connectivity index (χ3v) is 4.45. The van der Waals surface area contributed by atoms with Gasteiger partial charge >= 0.3 is 11.9 Å². The Morgan fingerprint density at radius 3 is 2.76 bits per heavy atom. The van der Waals surface area contributed by atoms with Crippen molar-refractivity contribution < 1.29 is 29.3 Å². The molecule has 0 spiro atoms. The minimum atomic E-state index is -0.544. The number of fused-ring (bicyclic) bond motifs is 1. The molecule has 2 aliphatic rings. The smallest absolute Gasteiger partial charge is 0.336 e. The van der Waals surface area contributed by atoms with E-state index in [1.807, 2.05) is 6.08 Å². The van der Waals surface area contributed by atoms with Gasteiger partial charge < -0.3 is 19.7 Å². The number of ether oxygens (including phenoxy) is 2. The second kappa shape index (κ2) is 8.94. The first kappa shape index (κ1) is 19.4. The molecule has 7 nitrogen and oxygen atoms in total. The lowest BCUT2D eigenvalue weighted by Crippen LogP contribution is -2.36. The molecule has 2 atom stereocenters. The summed E-state index contributed by atoms with van der Waals surface area (Å²) in [5.41, 5.74) is 1.66. The second-order valence-corrected chi connectivity index (χ2v) is 6.18. The van der Waals surface area contributed by atoms with Crippen LogP contribution in [0.25, 0.3) is 0 Å². The molecule has 7 heteroatoms. The zero-order valence-corrected chi connectivity index (χ0v) is 14.6. The first-order chi connectivity index (χ1) is 12.0. The minimum Gasteiger partial charge on any atom is -0.458 e. The van der Waals surface area contributed by atoms with Crippen LogP contribution in [0, 0.1) is 0 Å². The van der Waals surface area contributed by atoms with E-state index in [1.165, 1.54) is 12.2 Å². The van der Waals surface area contributed by atoms with Crippen molar-refractivity contribution in [1.29, 1.82) is 0 Å². The van der Waals surface area contributed by atoms with Crippen molar-refractivity contribution >= 4 is 11.9 Å². The fourth-order valence-corrected chi connectivity index (χ4v) is 3.07. The quantitative estimate of drug-likeness (QED) is 0.388. The number of hydrogen-bond donors (Lipinski definition) is 2. The molecule has 2 N–H and O–H groups in total. The van der Waals surface area contributed by atoms with Gasteiger partial charge in [-0.15, -0.1) is 0 Å². The van der Waals surface area contributed by atoms with Gasteiger partial charge in [0.1, 0.15) is 12.7 Å². The van der Waals surface area contributed by atoms with Crippen molar-refractivity contribution in [3.8, 4) is 0 Å². The summed E-state index contributed by atoms with van der Waals surface area (Å²) in [6, 6.07) is -0.0947. The maximum atomic E-state index is 11.9. The highest BCUT2D eigenvalue weighted by atomic mass is 16.5. The van der Waals surface area contributed by atoms with Crippen molar-refractivity contribution in [2.75, 3.05) is 32.9 Å². The van der Waals surface area contributed by atoms with Gasteiger partial charge in [-0.25, -0.2) is 9.59 Å². The molecule has 1 fully saturated rings.